The smallest absolute Gasteiger partial charge is 0.315 e. The maximum Gasteiger partial charge on any atom is 0.315 e. The molecule has 1 heterocycles. The molecule has 33 heavy (non-hydrogen) atoms. The average Bonchev–Trinajstić information content (AvgIpc) is 2.75. The van der Waals surface area contributed by atoms with Gasteiger partial charge in [0, 0.05) is 6.42 Å². The summed E-state index contributed by atoms with van der Waals surface area (Å²) in [6, 6.07) is 0. The van der Waals surface area contributed by atoms with Crippen LogP contribution in [0.3, 0.4) is 0 Å². The van der Waals surface area contributed by atoms with Gasteiger partial charge in [-0.1, -0.05) is 104 Å². The zero-order valence-electron chi connectivity index (χ0n) is 21.3. The SMILES string of the molecule is CCCCCCCCCCCCCCCCC[C@@H](C[C@@H]1OC(=O)[C@H]1CC)OC(=O)CC(N)=O. The van der Waals surface area contributed by atoms with Gasteiger partial charge in [-0.2, -0.15) is 0 Å². The van der Waals surface area contributed by atoms with Gasteiger partial charge in [-0.25, -0.2) is 0 Å². The van der Waals surface area contributed by atoms with Crippen molar-refractivity contribution in [3.8, 4) is 0 Å². The highest BCUT2D eigenvalue weighted by Crippen LogP contribution is 2.30. The topological polar surface area (TPSA) is 95.7 Å². The van der Waals surface area contributed by atoms with Crippen LogP contribution >= 0.6 is 0 Å². The van der Waals surface area contributed by atoms with Crippen LogP contribution in [0, 0.1) is 5.92 Å². The number of hydrogen-bond acceptors (Lipinski definition) is 5. The number of amides is 1. The third-order valence-electron chi connectivity index (χ3n) is 6.70. The standard InChI is InChI=1S/C27H49NO5/c1-3-5-6-7-8-9-10-11-12-13-14-15-16-17-18-19-22(32-26(30)21-25(28)29)20-24-23(4-2)27(31)33-24/h22-24H,3-21H2,1-2H3,(H2,28,29)/t22-,23-,24-/m0/s1. The van der Waals surface area contributed by atoms with Crippen LogP contribution < -0.4 is 5.73 Å². The van der Waals surface area contributed by atoms with E-state index in [4.69, 9.17) is 15.2 Å². The molecule has 6 heteroatoms. The molecule has 1 saturated heterocycles. The first-order valence-corrected chi connectivity index (χ1v) is 13.7. The molecule has 0 saturated carbocycles. The molecule has 192 valence electrons. The fraction of sp³-hybridized carbons (Fsp3) is 0.889. The molecule has 0 aromatic carbocycles. The number of esters is 2. The molecular formula is C27H49NO5. The minimum Gasteiger partial charge on any atom is -0.462 e. The Kier molecular flexibility index (Phi) is 16.8. The Labute approximate surface area is 201 Å². The Morgan fingerprint density at radius 3 is 1.76 bits per heavy atom. The Balaban J connectivity index is 2.09. The van der Waals surface area contributed by atoms with Crippen LogP contribution in [0.2, 0.25) is 0 Å². The first-order valence-electron chi connectivity index (χ1n) is 13.7. The lowest BCUT2D eigenvalue weighted by Gasteiger charge is -2.36. The molecule has 3 atom stereocenters. The fourth-order valence-electron chi connectivity index (χ4n) is 4.64. The molecule has 1 aliphatic heterocycles. The molecular weight excluding hydrogens is 418 g/mol. The second-order valence-corrected chi connectivity index (χ2v) is 9.72. The fourth-order valence-corrected chi connectivity index (χ4v) is 4.64. The maximum atomic E-state index is 11.9. The molecule has 0 aromatic rings. The van der Waals surface area contributed by atoms with E-state index in [-0.39, 0.29) is 24.1 Å². The third kappa shape index (κ3) is 14.3. The average molecular weight is 468 g/mol. The summed E-state index contributed by atoms with van der Waals surface area (Å²) in [5, 5.41) is 0. The third-order valence-corrected chi connectivity index (χ3v) is 6.70. The predicted molar refractivity (Wildman–Crippen MR) is 132 cm³/mol. The largest absolute Gasteiger partial charge is 0.462 e. The Morgan fingerprint density at radius 1 is 0.848 bits per heavy atom. The molecule has 1 aliphatic rings. The molecule has 0 aromatic heterocycles. The van der Waals surface area contributed by atoms with E-state index < -0.39 is 18.3 Å². The number of cyclic esters (lactones) is 1. The van der Waals surface area contributed by atoms with Gasteiger partial charge < -0.3 is 15.2 Å². The van der Waals surface area contributed by atoms with Crippen molar-refractivity contribution in [1.29, 1.82) is 0 Å². The molecule has 0 spiro atoms. The summed E-state index contributed by atoms with van der Waals surface area (Å²) in [6.07, 6.45) is 20.6. The quantitative estimate of drug-likeness (QED) is 0.113. The summed E-state index contributed by atoms with van der Waals surface area (Å²) in [5.41, 5.74) is 5.10. The van der Waals surface area contributed by atoms with Crippen molar-refractivity contribution in [2.75, 3.05) is 0 Å². The highest BCUT2D eigenvalue weighted by atomic mass is 16.6. The highest BCUT2D eigenvalue weighted by molar-refractivity contribution is 5.93. The zero-order chi connectivity index (χ0) is 24.3. The van der Waals surface area contributed by atoms with E-state index >= 15 is 0 Å². The van der Waals surface area contributed by atoms with Gasteiger partial charge in [-0.05, 0) is 19.3 Å². The van der Waals surface area contributed by atoms with Gasteiger partial charge in [0.15, 0.2) is 0 Å². The van der Waals surface area contributed by atoms with E-state index in [0.717, 1.165) is 25.7 Å². The van der Waals surface area contributed by atoms with Crippen molar-refractivity contribution < 1.29 is 23.9 Å². The number of rotatable bonds is 22. The van der Waals surface area contributed by atoms with Crippen molar-refractivity contribution in [3.05, 3.63) is 0 Å². The molecule has 1 rings (SSSR count). The molecule has 1 fully saturated rings. The van der Waals surface area contributed by atoms with Crippen LogP contribution in [0.25, 0.3) is 0 Å². The first kappa shape index (κ1) is 29.4. The van der Waals surface area contributed by atoms with Gasteiger partial charge in [0.2, 0.25) is 5.91 Å². The van der Waals surface area contributed by atoms with Gasteiger partial charge in [0.1, 0.15) is 18.6 Å². The summed E-state index contributed by atoms with van der Waals surface area (Å²) in [7, 11) is 0. The lowest BCUT2D eigenvalue weighted by molar-refractivity contribution is -0.189. The molecule has 0 unspecified atom stereocenters. The van der Waals surface area contributed by atoms with Gasteiger partial charge in [-0.15, -0.1) is 0 Å². The van der Waals surface area contributed by atoms with Gasteiger partial charge in [0.25, 0.3) is 0 Å². The number of unbranched alkanes of at least 4 members (excludes halogenated alkanes) is 14. The van der Waals surface area contributed by atoms with Crippen molar-refractivity contribution in [3.63, 3.8) is 0 Å². The van der Waals surface area contributed by atoms with Crippen LogP contribution in [-0.2, 0) is 23.9 Å². The van der Waals surface area contributed by atoms with E-state index in [2.05, 4.69) is 6.92 Å². The lowest BCUT2D eigenvalue weighted by atomic mass is 9.89. The first-order chi connectivity index (χ1) is 16.0. The summed E-state index contributed by atoms with van der Waals surface area (Å²) < 4.78 is 10.7. The monoisotopic (exact) mass is 467 g/mol. The van der Waals surface area contributed by atoms with Crippen molar-refractivity contribution >= 4 is 17.8 Å². The number of primary amides is 1. The van der Waals surface area contributed by atoms with E-state index in [0.29, 0.717) is 6.42 Å². The normalized spacial score (nSPS) is 18.4. The molecule has 1 amide bonds. The Morgan fingerprint density at radius 2 is 1.33 bits per heavy atom. The Hall–Kier alpha value is -1.59. The highest BCUT2D eigenvalue weighted by Gasteiger charge is 2.42. The lowest BCUT2D eigenvalue weighted by Crippen LogP contribution is -2.46. The minimum absolute atomic E-state index is 0.108. The summed E-state index contributed by atoms with van der Waals surface area (Å²) in [5.74, 6) is -1.56. The molecule has 6 nitrogen and oxygen atoms in total. The van der Waals surface area contributed by atoms with E-state index in [1.807, 2.05) is 6.92 Å². The predicted octanol–water partition coefficient (Wildman–Crippen LogP) is 6.38. The van der Waals surface area contributed by atoms with Gasteiger partial charge in [0.05, 0.1) is 5.92 Å². The van der Waals surface area contributed by atoms with Crippen LogP contribution in [0.1, 0.15) is 136 Å². The summed E-state index contributed by atoms with van der Waals surface area (Å²) in [6.45, 7) is 4.22. The molecule has 0 radical (unpaired) electrons. The van der Waals surface area contributed by atoms with Crippen molar-refractivity contribution in [2.24, 2.45) is 11.7 Å². The Bertz CT molecular complexity index is 551. The minimum atomic E-state index is -0.688. The van der Waals surface area contributed by atoms with E-state index in [9.17, 15) is 14.4 Å². The van der Waals surface area contributed by atoms with E-state index in [1.54, 1.807) is 0 Å². The molecule has 2 N–H and O–H groups in total. The molecule has 0 aliphatic carbocycles. The van der Waals surface area contributed by atoms with Gasteiger partial charge in [-0.3, -0.25) is 14.4 Å². The summed E-state index contributed by atoms with van der Waals surface area (Å²) >= 11 is 0. The van der Waals surface area contributed by atoms with Crippen LogP contribution in [0.4, 0.5) is 0 Å². The van der Waals surface area contributed by atoms with E-state index in [1.165, 1.54) is 83.5 Å². The second kappa shape index (κ2) is 18.8. The summed E-state index contributed by atoms with van der Waals surface area (Å²) in [4.78, 5) is 34.4. The van der Waals surface area contributed by atoms with Crippen molar-refractivity contribution in [1.82, 2.24) is 0 Å². The number of ether oxygens (including phenoxy) is 2. The number of carbonyl (C=O) groups excluding carboxylic acids is 3. The molecule has 0 bridgehead atoms. The van der Waals surface area contributed by atoms with Crippen LogP contribution in [0.5, 0.6) is 0 Å². The zero-order valence-corrected chi connectivity index (χ0v) is 21.3. The maximum absolute atomic E-state index is 11.9. The van der Waals surface area contributed by atoms with Crippen molar-refractivity contribution in [2.45, 2.75) is 148 Å². The van der Waals surface area contributed by atoms with Gasteiger partial charge >= 0.3 is 11.9 Å². The number of hydrogen-bond donors (Lipinski definition) is 1. The van der Waals surface area contributed by atoms with Crippen LogP contribution in [0.15, 0.2) is 0 Å². The second-order valence-electron chi connectivity index (χ2n) is 9.72. The number of nitrogens with two attached hydrogens (primary N) is 1. The number of carbonyl (C=O) groups is 3. The van der Waals surface area contributed by atoms with Crippen LogP contribution in [-0.4, -0.2) is 30.1 Å².